The Hall–Kier alpha value is -6.50. The van der Waals surface area contributed by atoms with Gasteiger partial charge in [-0.2, -0.15) is 0 Å². The normalized spacial score (nSPS) is 12.7. The Balaban J connectivity index is 1.40. The fourth-order valence-electron chi connectivity index (χ4n) is 7.24. The first-order valence-corrected chi connectivity index (χ1v) is 18.1. The van der Waals surface area contributed by atoms with Crippen molar-refractivity contribution in [1.29, 1.82) is 0 Å². The molecule has 0 radical (unpaired) electrons. The van der Waals surface area contributed by atoms with Crippen molar-refractivity contribution >= 4 is 39.2 Å². The highest BCUT2D eigenvalue weighted by molar-refractivity contribution is 8.13. The van der Waals surface area contributed by atoms with Gasteiger partial charge in [-0.1, -0.05) is 115 Å². The zero-order chi connectivity index (χ0) is 35.0. The minimum Gasteiger partial charge on any atom is -0.354 e. The predicted molar refractivity (Wildman–Crippen MR) is 210 cm³/mol. The number of aromatic nitrogens is 4. The molecule has 4 aromatic carbocycles. The zero-order valence-electron chi connectivity index (χ0n) is 28.4. The third-order valence-corrected chi connectivity index (χ3v) is 10.3. The van der Waals surface area contributed by atoms with E-state index in [1.807, 2.05) is 24.3 Å². The van der Waals surface area contributed by atoms with Gasteiger partial charge in [0.05, 0.1) is 0 Å². The van der Waals surface area contributed by atoms with Crippen molar-refractivity contribution in [2.75, 3.05) is 0 Å². The fourth-order valence-corrected chi connectivity index (χ4v) is 7.85. The number of benzene rings is 4. The van der Waals surface area contributed by atoms with Crippen molar-refractivity contribution in [1.82, 2.24) is 19.9 Å². The molecule has 0 fully saturated rings. The number of carbonyl (C=O) groups excluding carboxylic acids is 1. The Bertz CT molecular complexity index is 2820. The summed E-state index contributed by atoms with van der Waals surface area (Å²) in [5.74, 6) is 0. The topological polar surface area (TPSA) is 80.2 Å². The summed E-state index contributed by atoms with van der Waals surface area (Å²) in [6.07, 6.45) is 0. The van der Waals surface area contributed by atoms with E-state index in [0.29, 0.717) is 0 Å². The van der Waals surface area contributed by atoms with E-state index in [1.165, 1.54) is 11.8 Å². The summed E-state index contributed by atoms with van der Waals surface area (Å²) in [5.41, 5.74) is 12.6. The number of aromatic amines is 4. The van der Waals surface area contributed by atoms with Crippen LogP contribution in [0.2, 0.25) is 0 Å². The molecule has 1 aliphatic heterocycles. The Labute approximate surface area is 304 Å². The number of H-pyrrole nitrogens is 4. The minimum absolute atomic E-state index is 0.0644. The van der Waals surface area contributed by atoms with Crippen LogP contribution in [0.3, 0.4) is 0 Å². The molecule has 6 heteroatoms. The number of rotatable bonds is 5. The summed E-state index contributed by atoms with van der Waals surface area (Å²) in [6, 6.07) is 57.2. The number of thioether (sulfide) groups is 1. The molecule has 4 aromatic heterocycles. The van der Waals surface area contributed by atoms with Gasteiger partial charge in [-0.25, -0.2) is 0 Å². The van der Waals surface area contributed by atoms with E-state index in [0.717, 1.165) is 93.6 Å². The molecule has 0 atom stereocenters. The molecule has 8 aromatic rings. The molecule has 0 amide bonds. The molecular formula is C46H34N4OS. The van der Waals surface area contributed by atoms with Gasteiger partial charge in [0, 0.05) is 78.3 Å². The second-order valence-electron chi connectivity index (χ2n) is 12.9. The highest BCUT2D eigenvalue weighted by Crippen LogP contribution is 2.29. The molecule has 9 rings (SSSR count). The standard InChI is InChI=1S/C46H34N4OS/c1-29(51)52-34-19-17-33(18-20-34)46-41-27-25-39(49-41)44(31-13-7-3-8-14-31)37-23-21-35(47-37)43(30-11-5-2-6-12-30)36-22-24-38(48-36)45(32-15-9-4-10-16-32)40-26-28-42(46)50-40/h2-28,47-50H,1H3. The maximum absolute atomic E-state index is 11.9. The first-order chi connectivity index (χ1) is 25.6. The lowest BCUT2D eigenvalue weighted by atomic mass is 10.0. The van der Waals surface area contributed by atoms with Crippen LogP contribution in [0.15, 0.2) is 169 Å². The van der Waals surface area contributed by atoms with Crippen molar-refractivity contribution in [3.05, 3.63) is 230 Å². The van der Waals surface area contributed by atoms with Gasteiger partial charge < -0.3 is 19.9 Å². The van der Waals surface area contributed by atoms with E-state index in [-0.39, 0.29) is 5.12 Å². The van der Waals surface area contributed by atoms with Crippen LogP contribution in [-0.2, 0) is 4.79 Å². The van der Waals surface area contributed by atoms with Crippen molar-refractivity contribution in [3.8, 4) is 0 Å². The summed E-state index contributed by atoms with van der Waals surface area (Å²) in [5, 5.41) is 4.06. The third-order valence-electron chi connectivity index (χ3n) is 9.49. The van der Waals surface area contributed by atoms with Gasteiger partial charge in [0.15, 0.2) is 5.12 Å². The summed E-state index contributed by atoms with van der Waals surface area (Å²) in [6.45, 7) is 1.60. The van der Waals surface area contributed by atoms with E-state index < -0.39 is 0 Å². The van der Waals surface area contributed by atoms with Gasteiger partial charge in [0.1, 0.15) is 0 Å². The van der Waals surface area contributed by atoms with E-state index in [9.17, 15) is 4.79 Å². The average Bonchev–Trinajstić information content (AvgIpc) is 4.01. The molecule has 250 valence electrons. The number of hydrogen-bond acceptors (Lipinski definition) is 2. The average molecular weight is 691 g/mol. The van der Waals surface area contributed by atoms with Crippen LogP contribution >= 0.6 is 11.8 Å². The van der Waals surface area contributed by atoms with Crippen LogP contribution in [0.4, 0.5) is 0 Å². The maximum Gasteiger partial charge on any atom is 0.190 e. The molecule has 5 nitrogen and oxygen atoms in total. The van der Waals surface area contributed by atoms with Crippen LogP contribution in [0.25, 0.3) is 22.3 Å². The molecule has 0 unspecified atom stereocenters. The Morgan fingerprint density at radius 2 is 0.673 bits per heavy atom. The molecule has 1 aliphatic rings. The van der Waals surface area contributed by atoms with Gasteiger partial charge in [-0.15, -0.1) is 0 Å². The van der Waals surface area contributed by atoms with E-state index in [1.54, 1.807) is 6.92 Å². The third kappa shape index (κ3) is 5.89. The van der Waals surface area contributed by atoms with E-state index in [2.05, 4.69) is 159 Å². The molecule has 0 saturated carbocycles. The summed E-state index contributed by atoms with van der Waals surface area (Å²) < 4.78 is 0. The predicted octanol–water partition coefficient (Wildman–Crippen LogP) is 6.94. The van der Waals surface area contributed by atoms with Crippen molar-refractivity contribution in [2.24, 2.45) is 0 Å². The molecular weight excluding hydrogens is 657 g/mol. The first-order valence-electron chi connectivity index (χ1n) is 17.3. The van der Waals surface area contributed by atoms with Crippen LogP contribution in [0, 0.1) is 0 Å². The van der Waals surface area contributed by atoms with Gasteiger partial charge in [0.25, 0.3) is 0 Å². The SMILES string of the molecule is CC(=O)Sc1ccc(C2=c3ccc([nH]3)=C(c3ccccc3)c3ccc([nH]3)C(c3ccccc3)=c3ccc([nH]3)=C(c3ccccc3)c3ccc2[nH]3)cc1. The first kappa shape index (κ1) is 31.5. The Morgan fingerprint density at radius 3 is 0.981 bits per heavy atom. The van der Waals surface area contributed by atoms with E-state index >= 15 is 0 Å². The lowest BCUT2D eigenvalue weighted by Crippen LogP contribution is -2.19. The van der Waals surface area contributed by atoms with Crippen LogP contribution in [0.5, 0.6) is 0 Å². The molecule has 4 N–H and O–H groups in total. The van der Waals surface area contributed by atoms with Crippen LogP contribution < -0.4 is 21.4 Å². The van der Waals surface area contributed by atoms with Gasteiger partial charge in [-0.05, 0) is 82.9 Å². The largest absolute Gasteiger partial charge is 0.354 e. The highest BCUT2D eigenvalue weighted by atomic mass is 32.2. The quantitative estimate of drug-likeness (QED) is 0.148. The molecule has 0 saturated heterocycles. The second kappa shape index (κ2) is 13.3. The molecule has 52 heavy (non-hydrogen) atoms. The van der Waals surface area contributed by atoms with Crippen molar-refractivity contribution < 1.29 is 4.79 Å². The Morgan fingerprint density at radius 1 is 0.365 bits per heavy atom. The van der Waals surface area contributed by atoms with Crippen LogP contribution in [0.1, 0.15) is 52.0 Å². The monoisotopic (exact) mass is 690 g/mol. The number of carbonyl (C=O) groups is 1. The second-order valence-corrected chi connectivity index (χ2v) is 14.1. The smallest absolute Gasteiger partial charge is 0.190 e. The molecule has 8 bridgehead atoms. The number of fused-ring (bicyclic) bond motifs is 8. The zero-order valence-corrected chi connectivity index (χ0v) is 29.2. The van der Waals surface area contributed by atoms with Crippen molar-refractivity contribution in [2.45, 2.75) is 11.8 Å². The van der Waals surface area contributed by atoms with Crippen molar-refractivity contribution in [3.63, 3.8) is 0 Å². The summed E-state index contributed by atoms with van der Waals surface area (Å²) in [4.78, 5) is 28.1. The molecule has 0 spiro atoms. The molecule has 0 aliphatic carbocycles. The number of nitrogens with one attached hydrogen (secondary N) is 4. The van der Waals surface area contributed by atoms with Gasteiger partial charge in [-0.3, -0.25) is 4.79 Å². The number of hydrogen-bond donors (Lipinski definition) is 4. The van der Waals surface area contributed by atoms with Gasteiger partial charge in [0.2, 0.25) is 0 Å². The highest BCUT2D eigenvalue weighted by Gasteiger charge is 2.18. The van der Waals surface area contributed by atoms with Crippen LogP contribution in [-0.4, -0.2) is 25.1 Å². The lowest BCUT2D eigenvalue weighted by Gasteiger charge is -2.10. The Kier molecular flexibility index (Phi) is 8.07. The molecule has 5 heterocycles. The fraction of sp³-hybridized carbons (Fsp3) is 0.0217. The summed E-state index contributed by atoms with van der Waals surface area (Å²) in [7, 11) is 0. The lowest BCUT2D eigenvalue weighted by molar-refractivity contribution is -0.109. The maximum atomic E-state index is 11.9. The van der Waals surface area contributed by atoms with Gasteiger partial charge >= 0.3 is 0 Å². The minimum atomic E-state index is 0.0644. The van der Waals surface area contributed by atoms with E-state index in [4.69, 9.17) is 0 Å². The summed E-state index contributed by atoms with van der Waals surface area (Å²) >= 11 is 1.24.